The standard InChI is InChI=1S/C26H26FN5O4S/c1-14-11-17(27)4-5-18(14)23-21(26(35)36-2)22(29-24(30-23)25-28-8-10-37-25)15-3-6-19-16(12-15)13-32(31-19)9-7-20(33)34/h4-5,8,10-11,13,15,23H,3,6-7,9,12H2,1-2H3,(H,29,30)(H,33,34). The fraction of sp³-hybridized carbons (Fsp3) is 0.346. The number of hydrogen-bond acceptors (Lipinski definition) is 8. The van der Waals surface area contributed by atoms with Crippen molar-refractivity contribution in [1.29, 1.82) is 0 Å². The van der Waals surface area contributed by atoms with E-state index in [2.05, 4.69) is 15.4 Å². The van der Waals surface area contributed by atoms with Gasteiger partial charge in [-0.2, -0.15) is 5.10 Å². The number of carboxylic acid groups (broad SMARTS) is 1. The minimum atomic E-state index is -0.873. The number of thiazole rings is 1. The number of esters is 1. The summed E-state index contributed by atoms with van der Waals surface area (Å²) in [6, 6.07) is 3.77. The molecule has 2 aromatic heterocycles. The molecule has 192 valence electrons. The highest BCUT2D eigenvalue weighted by Crippen LogP contribution is 2.39. The second-order valence-corrected chi connectivity index (χ2v) is 10.0. The highest BCUT2D eigenvalue weighted by atomic mass is 32.1. The molecule has 0 bridgehead atoms. The third-order valence-electron chi connectivity index (χ3n) is 6.73. The number of methoxy groups -OCH3 is 1. The summed E-state index contributed by atoms with van der Waals surface area (Å²) in [4.78, 5) is 33.5. The smallest absolute Gasteiger partial charge is 0.338 e. The van der Waals surface area contributed by atoms with Crippen molar-refractivity contribution >= 4 is 29.1 Å². The molecule has 2 N–H and O–H groups in total. The van der Waals surface area contributed by atoms with E-state index in [-0.39, 0.29) is 18.2 Å². The molecule has 1 aromatic carbocycles. The number of carboxylic acids is 1. The average molecular weight is 524 g/mol. The Hall–Kier alpha value is -3.86. The largest absolute Gasteiger partial charge is 0.481 e. The fourth-order valence-electron chi connectivity index (χ4n) is 4.97. The van der Waals surface area contributed by atoms with Crippen LogP contribution in [0.4, 0.5) is 4.39 Å². The van der Waals surface area contributed by atoms with E-state index < -0.39 is 18.0 Å². The van der Waals surface area contributed by atoms with Crippen LogP contribution in [0.1, 0.15) is 46.3 Å². The van der Waals surface area contributed by atoms with Gasteiger partial charge in [0.15, 0.2) is 10.8 Å². The van der Waals surface area contributed by atoms with Crippen molar-refractivity contribution in [3.8, 4) is 0 Å². The first-order valence-electron chi connectivity index (χ1n) is 11.9. The number of nitrogens with one attached hydrogen (secondary N) is 1. The Balaban J connectivity index is 1.57. The molecule has 0 radical (unpaired) electrons. The summed E-state index contributed by atoms with van der Waals surface area (Å²) in [5, 5.41) is 19.5. The van der Waals surface area contributed by atoms with Crippen molar-refractivity contribution in [3.05, 3.63) is 80.5 Å². The van der Waals surface area contributed by atoms with Gasteiger partial charge in [-0.25, -0.2) is 14.2 Å². The molecule has 0 spiro atoms. The second kappa shape index (κ2) is 10.3. The highest BCUT2D eigenvalue weighted by molar-refractivity contribution is 7.11. The quantitative estimate of drug-likeness (QED) is 0.455. The second-order valence-electron chi connectivity index (χ2n) is 9.11. The number of aromatic nitrogens is 3. The molecule has 2 unspecified atom stereocenters. The number of allylic oxidation sites excluding steroid dienone is 1. The van der Waals surface area contributed by atoms with Gasteiger partial charge in [-0.05, 0) is 55.0 Å². The number of rotatable bonds is 7. The van der Waals surface area contributed by atoms with Crippen LogP contribution in [0.2, 0.25) is 0 Å². The van der Waals surface area contributed by atoms with Crippen LogP contribution < -0.4 is 5.32 Å². The molecule has 37 heavy (non-hydrogen) atoms. The Morgan fingerprint density at radius 2 is 2.19 bits per heavy atom. The van der Waals surface area contributed by atoms with Crippen LogP contribution in [0, 0.1) is 18.7 Å². The lowest BCUT2D eigenvalue weighted by Gasteiger charge is -2.33. The predicted molar refractivity (Wildman–Crippen MR) is 135 cm³/mol. The Kier molecular flexibility index (Phi) is 6.88. The van der Waals surface area contributed by atoms with Crippen LogP contribution in [-0.2, 0) is 33.7 Å². The maximum atomic E-state index is 13.9. The zero-order chi connectivity index (χ0) is 26.1. The van der Waals surface area contributed by atoms with Gasteiger partial charge < -0.3 is 15.2 Å². The van der Waals surface area contributed by atoms with Gasteiger partial charge in [-0.3, -0.25) is 14.5 Å². The van der Waals surface area contributed by atoms with Gasteiger partial charge in [0.1, 0.15) is 11.9 Å². The topological polar surface area (TPSA) is 119 Å². The maximum absolute atomic E-state index is 13.9. The molecular formula is C26H26FN5O4S. The van der Waals surface area contributed by atoms with Crippen molar-refractivity contribution in [2.24, 2.45) is 10.9 Å². The number of ether oxygens (including phenoxy) is 1. The molecule has 0 amide bonds. The van der Waals surface area contributed by atoms with Crippen LogP contribution in [0.5, 0.6) is 0 Å². The number of carbonyl (C=O) groups excluding carboxylic acids is 1. The number of amidine groups is 1. The van der Waals surface area contributed by atoms with Gasteiger partial charge in [-0.1, -0.05) is 6.07 Å². The number of fused-ring (bicyclic) bond motifs is 1. The predicted octanol–water partition coefficient (Wildman–Crippen LogP) is 3.59. The molecule has 0 saturated heterocycles. The fourth-order valence-corrected chi connectivity index (χ4v) is 5.56. The average Bonchev–Trinajstić information content (AvgIpc) is 3.56. The Labute approximate surface area is 216 Å². The first-order valence-corrected chi connectivity index (χ1v) is 12.8. The third kappa shape index (κ3) is 5.04. The van der Waals surface area contributed by atoms with E-state index in [1.54, 1.807) is 23.9 Å². The van der Waals surface area contributed by atoms with Crippen LogP contribution in [-0.4, -0.2) is 44.8 Å². The summed E-state index contributed by atoms with van der Waals surface area (Å²) in [6.45, 7) is 2.10. The highest BCUT2D eigenvalue weighted by Gasteiger charge is 2.37. The van der Waals surface area contributed by atoms with Crippen molar-refractivity contribution in [2.75, 3.05) is 7.11 Å². The molecule has 0 saturated carbocycles. The number of aliphatic imine (C=N–C) groups is 1. The molecule has 2 atom stereocenters. The van der Waals surface area contributed by atoms with Gasteiger partial charge in [0.2, 0.25) is 0 Å². The SMILES string of the molecule is COC(=O)C1=C(C2CCc3nn(CCC(=O)O)cc3C2)NC(c2nccs2)=NC1c1ccc(F)cc1C. The molecule has 11 heteroatoms. The van der Waals surface area contributed by atoms with Gasteiger partial charge in [0.05, 0.1) is 31.3 Å². The number of aryl methyl sites for hydroxylation is 3. The van der Waals surface area contributed by atoms with Crippen molar-refractivity contribution in [2.45, 2.75) is 45.2 Å². The van der Waals surface area contributed by atoms with Crippen LogP contribution in [0.25, 0.3) is 0 Å². The van der Waals surface area contributed by atoms with E-state index in [0.29, 0.717) is 52.6 Å². The summed E-state index contributed by atoms with van der Waals surface area (Å²) in [5.74, 6) is -1.24. The minimum Gasteiger partial charge on any atom is -0.481 e. The van der Waals surface area contributed by atoms with E-state index in [1.807, 2.05) is 11.6 Å². The Morgan fingerprint density at radius 3 is 2.89 bits per heavy atom. The van der Waals surface area contributed by atoms with Crippen molar-refractivity contribution in [1.82, 2.24) is 20.1 Å². The van der Waals surface area contributed by atoms with Crippen LogP contribution >= 0.6 is 11.3 Å². The summed E-state index contributed by atoms with van der Waals surface area (Å²) in [6.07, 6.45) is 5.61. The number of benzene rings is 1. The monoisotopic (exact) mass is 523 g/mol. The molecule has 3 aromatic rings. The molecule has 5 rings (SSSR count). The maximum Gasteiger partial charge on any atom is 0.338 e. The first-order chi connectivity index (χ1) is 17.8. The molecule has 9 nitrogen and oxygen atoms in total. The van der Waals surface area contributed by atoms with E-state index in [9.17, 15) is 14.0 Å². The lowest BCUT2D eigenvalue weighted by molar-refractivity contribution is -0.138. The van der Waals surface area contributed by atoms with Gasteiger partial charge in [0, 0.05) is 29.4 Å². The zero-order valence-corrected chi connectivity index (χ0v) is 21.2. The Bertz CT molecular complexity index is 1410. The third-order valence-corrected chi connectivity index (χ3v) is 7.50. The molecule has 2 aliphatic rings. The van der Waals surface area contributed by atoms with Gasteiger partial charge in [-0.15, -0.1) is 11.3 Å². The number of hydrogen-bond donors (Lipinski definition) is 2. The summed E-state index contributed by atoms with van der Waals surface area (Å²) in [5.41, 5.74) is 4.47. The summed E-state index contributed by atoms with van der Waals surface area (Å²) in [7, 11) is 1.34. The lowest BCUT2D eigenvalue weighted by atomic mass is 9.81. The van der Waals surface area contributed by atoms with Gasteiger partial charge in [0.25, 0.3) is 0 Å². The lowest BCUT2D eigenvalue weighted by Crippen LogP contribution is -2.38. The summed E-state index contributed by atoms with van der Waals surface area (Å²) >= 11 is 1.43. The molecule has 1 aliphatic heterocycles. The zero-order valence-electron chi connectivity index (χ0n) is 20.4. The number of halogens is 1. The van der Waals surface area contributed by atoms with E-state index in [1.165, 1.54) is 30.6 Å². The Morgan fingerprint density at radius 1 is 1.35 bits per heavy atom. The first kappa shape index (κ1) is 24.8. The number of nitrogens with zero attached hydrogens (tertiary/aromatic N) is 4. The minimum absolute atomic E-state index is 0.00444. The number of aliphatic carboxylic acids is 1. The summed E-state index contributed by atoms with van der Waals surface area (Å²) < 4.78 is 20.8. The number of carbonyl (C=O) groups is 2. The molecule has 0 fully saturated rings. The van der Waals surface area contributed by atoms with Crippen LogP contribution in [0.15, 0.2) is 52.2 Å². The van der Waals surface area contributed by atoms with E-state index >= 15 is 0 Å². The molecule has 3 heterocycles. The normalized spacial score (nSPS) is 19.2. The van der Waals surface area contributed by atoms with Gasteiger partial charge >= 0.3 is 11.9 Å². The van der Waals surface area contributed by atoms with Crippen LogP contribution in [0.3, 0.4) is 0 Å². The van der Waals surface area contributed by atoms with Crippen molar-refractivity contribution in [3.63, 3.8) is 0 Å². The molecule has 1 aliphatic carbocycles. The van der Waals surface area contributed by atoms with Crippen molar-refractivity contribution < 1.29 is 23.8 Å². The molecular weight excluding hydrogens is 497 g/mol. The van der Waals surface area contributed by atoms with E-state index in [4.69, 9.17) is 14.8 Å². The van der Waals surface area contributed by atoms with E-state index in [0.717, 1.165) is 17.7 Å².